The highest BCUT2D eigenvalue weighted by atomic mass is 16.5. The molecule has 0 saturated carbocycles. The summed E-state index contributed by atoms with van der Waals surface area (Å²) in [6, 6.07) is 19.2. The second-order valence-electron chi connectivity index (χ2n) is 6.28. The first-order valence-corrected chi connectivity index (χ1v) is 8.71. The zero-order valence-corrected chi connectivity index (χ0v) is 15.6. The number of Topliss-reactive ketones (excluding diaryl/α,β-unsaturated/α-hetero) is 1. The summed E-state index contributed by atoms with van der Waals surface area (Å²) in [6.07, 6.45) is 0. The van der Waals surface area contributed by atoms with E-state index in [1.54, 1.807) is 66.2 Å². The third-order valence-corrected chi connectivity index (χ3v) is 4.33. The van der Waals surface area contributed by atoms with Crippen molar-refractivity contribution >= 4 is 11.7 Å². The minimum absolute atomic E-state index is 0.136. The molecule has 3 aromatic rings. The number of hydrogen-bond donors (Lipinski definition) is 1. The number of carbonyl (C=O) groups is 2. The van der Waals surface area contributed by atoms with E-state index in [1.807, 2.05) is 19.1 Å². The lowest BCUT2D eigenvalue weighted by atomic mass is 10.1. The molecule has 0 aliphatic heterocycles. The van der Waals surface area contributed by atoms with Gasteiger partial charge in [-0.05, 0) is 56.3 Å². The lowest BCUT2D eigenvalue weighted by Crippen LogP contribution is -2.25. The minimum atomic E-state index is -0.254. The number of ketones is 1. The largest absolute Gasteiger partial charge is 0.485 e. The topological polar surface area (TPSA) is 84.1 Å². The summed E-state index contributed by atoms with van der Waals surface area (Å²) in [7, 11) is 0. The van der Waals surface area contributed by atoms with Crippen LogP contribution in [0.4, 0.5) is 0 Å². The third kappa shape index (κ3) is 4.10. The highest BCUT2D eigenvalue weighted by molar-refractivity contribution is 6.01. The zero-order chi connectivity index (χ0) is 20.1. The lowest BCUT2D eigenvalue weighted by Gasteiger charge is -2.12. The fraction of sp³-hybridized carbons (Fsp3) is 0.136. The number of nitrogens with zero attached hydrogens (tertiary/aromatic N) is 2. The molecule has 0 bridgehead atoms. The Kier molecular flexibility index (Phi) is 5.56. The molecule has 2 aromatic carbocycles. The Hall–Kier alpha value is -3.85. The zero-order valence-electron chi connectivity index (χ0n) is 15.6. The van der Waals surface area contributed by atoms with E-state index in [1.165, 1.54) is 0 Å². The van der Waals surface area contributed by atoms with E-state index in [0.717, 1.165) is 5.69 Å². The van der Waals surface area contributed by atoms with E-state index in [0.29, 0.717) is 28.1 Å². The Morgan fingerprint density at radius 3 is 2.39 bits per heavy atom. The average Bonchev–Trinajstić information content (AvgIpc) is 3.01. The van der Waals surface area contributed by atoms with Gasteiger partial charge in [-0.15, -0.1) is 0 Å². The number of nitriles is 1. The molecule has 1 heterocycles. The highest BCUT2D eigenvalue weighted by Crippen LogP contribution is 2.17. The summed E-state index contributed by atoms with van der Waals surface area (Å²) in [4.78, 5) is 25.0. The van der Waals surface area contributed by atoms with Crippen molar-refractivity contribution in [2.45, 2.75) is 13.8 Å². The van der Waals surface area contributed by atoms with Gasteiger partial charge in [0.25, 0.3) is 5.91 Å². The van der Waals surface area contributed by atoms with Crippen molar-refractivity contribution in [3.8, 4) is 11.8 Å². The number of amides is 1. The maximum atomic E-state index is 12.6. The van der Waals surface area contributed by atoms with Crippen molar-refractivity contribution in [3.05, 3.63) is 88.7 Å². The van der Waals surface area contributed by atoms with Gasteiger partial charge < -0.3 is 4.74 Å². The number of ether oxygens (including phenoxy) is 1. The van der Waals surface area contributed by atoms with Gasteiger partial charge >= 0.3 is 0 Å². The Bertz CT molecular complexity index is 1050. The Morgan fingerprint density at radius 1 is 1.07 bits per heavy atom. The predicted octanol–water partition coefficient (Wildman–Crippen LogP) is 3.62. The molecule has 0 spiro atoms. The Morgan fingerprint density at radius 2 is 1.75 bits per heavy atom. The van der Waals surface area contributed by atoms with Crippen LogP contribution in [-0.2, 0) is 0 Å². The summed E-state index contributed by atoms with van der Waals surface area (Å²) in [5, 5.41) is 8.81. The maximum Gasteiger partial charge on any atom is 0.270 e. The summed E-state index contributed by atoms with van der Waals surface area (Å²) >= 11 is 0. The molecular formula is C22H19N3O3. The average molecular weight is 373 g/mol. The molecule has 1 N–H and O–H groups in total. The van der Waals surface area contributed by atoms with Crippen molar-refractivity contribution < 1.29 is 14.3 Å². The monoisotopic (exact) mass is 373 g/mol. The van der Waals surface area contributed by atoms with Gasteiger partial charge in [-0.1, -0.05) is 18.2 Å². The molecule has 0 saturated heterocycles. The number of hydrogen-bond acceptors (Lipinski definition) is 4. The summed E-state index contributed by atoms with van der Waals surface area (Å²) < 4.78 is 7.12. The number of benzene rings is 2. The van der Waals surface area contributed by atoms with E-state index in [2.05, 4.69) is 5.43 Å². The fourth-order valence-electron chi connectivity index (χ4n) is 2.83. The summed E-state index contributed by atoms with van der Waals surface area (Å²) in [5.74, 6) is 0.0615. The van der Waals surface area contributed by atoms with Crippen LogP contribution in [-0.4, -0.2) is 23.0 Å². The number of aryl methyl sites for hydroxylation is 1. The quantitative estimate of drug-likeness (QED) is 0.669. The molecule has 6 nitrogen and oxygen atoms in total. The van der Waals surface area contributed by atoms with Gasteiger partial charge in [-0.2, -0.15) is 5.26 Å². The van der Waals surface area contributed by atoms with Gasteiger partial charge in [0.1, 0.15) is 5.75 Å². The van der Waals surface area contributed by atoms with E-state index < -0.39 is 0 Å². The molecule has 1 aromatic heterocycles. The van der Waals surface area contributed by atoms with E-state index in [4.69, 9.17) is 10.00 Å². The molecule has 3 rings (SSSR count). The van der Waals surface area contributed by atoms with Crippen molar-refractivity contribution in [3.63, 3.8) is 0 Å². The second-order valence-corrected chi connectivity index (χ2v) is 6.28. The van der Waals surface area contributed by atoms with Gasteiger partial charge in [-0.25, -0.2) is 0 Å². The molecule has 0 atom stereocenters. The Balaban J connectivity index is 1.70. The molecule has 1 amide bonds. The van der Waals surface area contributed by atoms with Crippen molar-refractivity contribution in [2.24, 2.45) is 0 Å². The van der Waals surface area contributed by atoms with Crippen LogP contribution in [0.5, 0.6) is 5.75 Å². The van der Waals surface area contributed by atoms with Gasteiger partial charge in [0, 0.05) is 22.5 Å². The molecule has 0 radical (unpaired) electrons. The standard InChI is InChI=1S/C22H19N3O3/c1-15-12-20(21(26)14-28-19-10-8-17(13-23)9-11-19)16(2)25(15)24-22(27)18-6-4-3-5-7-18/h3-12H,14H2,1-2H3,(H,24,27). The number of carbonyl (C=O) groups excluding carboxylic acids is 2. The first-order valence-electron chi connectivity index (χ1n) is 8.71. The molecular weight excluding hydrogens is 354 g/mol. The maximum absolute atomic E-state index is 12.6. The van der Waals surface area contributed by atoms with Crippen LogP contribution >= 0.6 is 0 Å². The van der Waals surface area contributed by atoms with Crippen LogP contribution in [0.25, 0.3) is 0 Å². The van der Waals surface area contributed by atoms with Crippen LogP contribution in [0, 0.1) is 25.2 Å². The van der Waals surface area contributed by atoms with Gasteiger partial charge in [-0.3, -0.25) is 19.7 Å². The normalized spacial score (nSPS) is 10.2. The smallest absolute Gasteiger partial charge is 0.270 e. The van der Waals surface area contributed by atoms with Gasteiger partial charge in [0.05, 0.1) is 11.6 Å². The number of aromatic nitrogens is 1. The Labute approximate surface area is 163 Å². The molecule has 28 heavy (non-hydrogen) atoms. The third-order valence-electron chi connectivity index (χ3n) is 4.33. The van der Waals surface area contributed by atoms with Crippen molar-refractivity contribution in [1.29, 1.82) is 5.26 Å². The molecule has 140 valence electrons. The van der Waals surface area contributed by atoms with Crippen LogP contribution in [0.3, 0.4) is 0 Å². The van der Waals surface area contributed by atoms with Crippen molar-refractivity contribution in [2.75, 3.05) is 12.0 Å². The van der Waals surface area contributed by atoms with Crippen LogP contribution in [0.2, 0.25) is 0 Å². The highest BCUT2D eigenvalue weighted by Gasteiger charge is 2.18. The van der Waals surface area contributed by atoms with E-state index in [9.17, 15) is 9.59 Å². The number of nitrogens with one attached hydrogen (secondary N) is 1. The summed E-state index contributed by atoms with van der Waals surface area (Å²) in [6.45, 7) is 3.45. The second kappa shape index (κ2) is 8.23. The molecule has 6 heteroatoms. The van der Waals surface area contributed by atoms with Gasteiger partial charge in [0.15, 0.2) is 6.61 Å². The van der Waals surface area contributed by atoms with E-state index in [-0.39, 0.29) is 18.3 Å². The molecule has 0 unspecified atom stereocenters. The van der Waals surface area contributed by atoms with Crippen LogP contribution in [0.1, 0.15) is 37.7 Å². The first kappa shape index (κ1) is 18.9. The molecule has 0 fully saturated rings. The predicted molar refractivity (Wildman–Crippen MR) is 105 cm³/mol. The molecule has 0 aliphatic rings. The number of rotatable bonds is 6. The molecule has 0 aliphatic carbocycles. The first-order chi connectivity index (χ1) is 13.5. The van der Waals surface area contributed by atoms with Crippen LogP contribution < -0.4 is 10.2 Å². The minimum Gasteiger partial charge on any atom is -0.485 e. The van der Waals surface area contributed by atoms with Gasteiger partial charge in [0.2, 0.25) is 5.78 Å². The van der Waals surface area contributed by atoms with Crippen molar-refractivity contribution in [1.82, 2.24) is 4.68 Å². The van der Waals surface area contributed by atoms with Crippen LogP contribution in [0.15, 0.2) is 60.7 Å². The summed E-state index contributed by atoms with van der Waals surface area (Å²) in [5.41, 5.74) is 5.73. The lowest BCUT2D eigenvalue weighted by molar-refractivity contribution is 0.0919. The van der Waals surface area contributed by atoms with E-state index >= 15 is 0 Å². The SMILES string of the molecule is Cc1cc(C(=O)COc2ccc(C#N)cc2)c(C)n1NC(=O)c1ccccc1. The fourth-order valence-corrected chi connectivity index (χ4v) is 2.83.